The molecule has 0 N–H and O–H groups in total. The Morgan fingerprint density at radius 1 is 1.17 bits per heavy atom. The second kappa shape index (κ2) is 6.18. The zero-order valence-electron chi connectivity index (χ0n) is 10.8. The third-order valence-electron chi connectivity index (χ3n) is 1.97. The van der Waals surface area contributed by atoms with Gasteiger partial charge >= 0.3 is 5.97 Å². The van der Waals surface area contributed by atoms with E-state index >= 15 is 0 Å². The van der Waals surface area contributed by atoms with Gasteiger partial charge in [-0.2, -0.15) is 0 Å². The molecule has 1 atom stereocenters. The van der Waals surface area contributed by atoms with Crippen LogP contribution in [-0.2, 0) is 28.7 Å². The molecule has 0 rings (SSSR count). The zero-order chi connectivity index (χ0) is 14.5. The lowest BCUT2D eigenvalue weighted by atomic mass is 9.96. The minimum Gasteiger partial charge on any atom is -0.459 e. The van der Waals surface area contributed by atoms with Crippen molar-refractivity contribution >= 4 is 29.6 Å². The second-order valence-corrected chi connectivity index (χ2v) is 4.67. The van der Waals surface area contributed by atoms with Gasteiger partial charge in [0.05, 0.1) is 0 Å². The lowest BCUT2D eigenvalue weighted by Gasteiger charge is -2.22. The van der Waals surface area contributed by atoms with E-state index in [1.165, 1.54) is 6.92 Å². The predicted molar refractivity (Wildman–Crippen MR) is 60.7 cm³/mol. The molecule has 1 unspecified atom stereocenters. The van der Waals surface area contributed by atoms with Crippen molar-refractivity contribution in [2.24, 2.45) is 5.92 Å². The number of carbonyl (C=O) groups excluding carboxylic acids is 5. The molecule has 0 aromatic heterocycles. The summed E-state index contributed by atoms with van der Waals surface area (Å²) in [4.78, 5) is 55.3. The monoisotopic (exact) mass is 256 g/mol. The molecule has 0 radical (unpaired) electrons. The van der Waals surface area contributed by atoms with Gasteiger partial charge in [-0.25, -0.2) is 0 Å². The Kier molecular flexibility index (Phi) is 5.55. The molecule has 6 nitrogen and oxygen atoms in total. The van der Waals surface area contributed by atoms with Gasteiger partial charge in [0.15, 0.2) is 6.29 Å². The highest BCUT2D eigenvalue weighted by molar-refractivity contribution is 6.75. The summed E-state index contributed by atoms with van der Waals surface area (Å²) in [6.07, 6.45) is -0.229. The summed E-state index contributed by atoms with van der Waals surface area (Å²) in [5, 5.41) is 0. The Bertz CT molecular complexity index is 388. The van der Waals surface area contributed by atoms with Crippen LogP contribution in [0.2, 0.25) is 0 Å². The van der Waals surface area contributed by atoms with Gasteiger partial charge < -0.3 is 4.74 Å². The average molecular weight is 256 g/mol. The third-order valence-corrected chi connectivity index (χ3v) is 1.97. The SMILES string of the molecule is CCC(C(=O)OC(C)(C)C)C(=O)C(=O)C(=O)C=O. The van der Waals surface area contributed by atoms with Crippen LogP contribution in [0.4, 0.5) is 0 Å². The molecule has 0 fully saturated rings. The molecule has 0 aliphatic rings. The molecular weight excluding hydrogens is 240 g/mol. The highest BCUT2D eigenvalue weighted by atomic mass is 16.6. The summed E-state index contributed by atoms with van der Waals surface area (Å²) in [6, 6.07) is 0. The molecule has 0 aromatic carbocycles. The van der Waals surface area contributed by atoms with Crippen molar-refractivity contribution in [2.75, 3.05) is 0 Å². The Balaban J connectivity index is 4.94. The lowest BCUT2D eigenvalue weighted by molar-refractivity contribution is -0.164. The van der Waals surface area contributed by atoms with E-state index in [1.54, 1.807) is 20.8 Å². The minimum atomic E-state index is -1.48. The molecule has 100 valence electrons. The Morgan fingerprint density at radius 3 is 2.00 bits per heavy atom. The quantitative estimate of drug-likeness (QED) is 0.293. The van der Waals surface area contributed by atoms with Crippen molar-refractivity contribution in [3.8, 4) is 0 Å². The van der Waals surface area contributed by atoms with Crippen molar-refractivity contribution in [1.82, 2.24) is 0 Å². The first-order valence-electron chi connectivity index (χ1n) is 5.44. The van der Waals surface area contributed by atoms with Crippen molar-refractivity contribution < 1.29 is 28.7 Å². The number of ether oxygens (including phenoxy) is 1. The van der Waals surface area contributed by atoms with Crippen LogP contribution >= 0.6 is 0 Å². The molecule has 0 saturated carbocycles. The number of ketones is 3. The van der Waals surface area contributed by atoms with Crippen molar-refractivity contribution in [1.29, 1.82) is 0 Å². The van der Waals surface area contributed by atoms with Crippen molar-refractivity contribution in [3.05, 3.63) is 0 Å². The van der Waals surface area contributed by atoms with Gasteiger partial charge in [0.1, 0.15) is 11.5 Å². The molecule has 18 heavy (non-hydrogen) atoms. The van der Waals surface area contributed by atoms with E-state index in [4.69, 9.17) is 4.74 Å². The number of carbonyl (C=O) groups is 5. The third kappa shape index (κ3) is 4.57. The summed E-state index contributed by atoms with van der Waals surface area (Å²) in [5.41, 5.74) is -0.803. The van der Waals surface area contributed by atoms with Gasteiger partial charge in [-0.05, 0) is 27.2 Å². The van der Waals surface area contributed by atoms with Crippen LogP contribution in [-0.4, -0.2) is 35.2 Å². The van der Waals surface area contributed by atoms with E-state index in [9.17, 15) is 24.0 Å². The maximum absolute atomic E-state index is 11.7. The topological polar surface area (TPSA) is 94.6 Å². The largest absolute Gasteiger partial charge is 0.459 e. The normalized spacial score (nSPS) is 12.4. The average Bonchev–Trinajstić information content (AvgIpc) is 2.25. The van der Waals surface area contributed by atoms with Gasteiger partial charge in [-0.3, -0.25) is 24.0 Å². The van der Waals surface area contributed by atoms with Crippen LogP contribution in [0.1, 0.15) is 34.1 Å². The van der Waals surface area contributed by atoms with Crippen LogP contribution in [0.15, 0.2) is 0 Å². The minimum absolute atomic E-state index is 0.0195. The summed E-state index contributed by atoms with van der Waals surface area (Å²) < 4.78 is 4.96. The fraction of sp³-hybridized carbons (Fsp3) is 0.583. The van der Waals surface area contributed by atoms with E-state index < -0.39 is 34.8 Å². The molecule has 0 aromatic rings. The van der Waals surface area contributed by atoms with Gasteiger partial charge in [0.2, 0.25) is 5.78 Å². The number of esters is 1. The number of Topliss-reactive ketones (excluding diaryl/α,β-unsaturated/α-hetero) is 3. The Labute approximate surface area is 105 Å². The highest BCUT2D eigenvalue weighted by Gasteiger charge is 2.36. The highest BCUT2D eigenvalue weighted by Crippen LogP contribution is 2.15. The Morgan fingerprint density at radius 2 is 1.67 bits per heavy atom. The van der Waals surface area contributed by atoms with Crippen LogP contribution in [0.25, 0.3) is 0 Å². The second-order valence-electron chi connectivity index (χ2n) is 4.67. The van der Waals surface area contributed by atoms with Crippen LogP contribution in [0, 0.1) is 5.92 Å². The van der Waals surface area contributed by atoms with E-state index in [1.807, 2.05) is 0 Å². The van der Waals surface area contributed by atoms with Crippen LogP contribution in [0.3, 0.4) is 0 Å². The summed E-state index contributed by atoms with van der Waals surface area (Å²) in [5.74, 6) is -6.36. The molecule has 0 heterocycles. The summed E-state index contributed by atoms with van der Waals surface area (Å²) in [6.45, 7) is 6.34. The lowest BCUT2D eigenvalue weighted by Crippen LogP contribution is -2.38. The van der Waals surface area contributed by atoms with Crippen LogP contribution in [0.5, 0.6) is 0 Å². The van der Waals surface area contributed by atoms with E-state index in [2.05, 4.69) is 0 Å². The van der Waals surface area contributed by atoms with Gasteiger partial charge in [-0.1, -0.05) is 6.92 Å². The first-order chi connectivity index (χ1) is 8.14. The standard InChI is InChI=1S/C12H16O6/c1-5-7(11(17)18-12(2,3)4)9(15)10(16)8(14)6-13/h6-7H,5H2,1-4H3. The predicted octanol–water partition coefficient (Wildman–Crippen LogP) is 0.260. The maximum atomic E-state index is 11.7. The fourth-order valence-corrected chi connectivity index (χ4v) is 1.17. The van der Waals surface area contributed by atoms with E-state index in [0.29, 0.717) is 0 Å². The van der Waals surface area contributed by atoms with Gasteiger partial charge in [-0.15, -0.1) is 0 Å². The number of rotatable bonds is 6. The molecule has 0 bridgehead atoms. The smallest absolute Gasteiger partial charge is 0.317 e. The summed E-state index contributed by atoms with van der Waals surface area (Å²) >= 11 is 0. The Hall–Kier alpha value is -1.85. The molecule has 0 aliphatic heterocycles. The zero-order valence-corrected chi connectivity index (χ0v) is 10.8. The van der Waals surface area contributed by atoms with E-state index in [0.717, 1.165) is 0 Å². The van der Waals surface area contributed by atoms with E-state index in [-0.39, 0.29) is 12.7 Å². The first-order valence-corrected chi connectivity index (χ1v) is 5.44. The summed E-state index contributed by atoms with van der Waals surface area (Å²) in [7, 11) is 0. The van der Waals surface area contributed by atoms with Gasteiger partial charge in [0.25, 0.3) is 11.6 Å². The maximum Gasteiger partial charge on any atom is 0.317 e. The first kappa shape index (κ1) is 16.1. The fourth-order valence-electron chi connectivity index (χ4n) is 1.17. The van der Waals surface area contributed by atoms with Crippen molar-refractivity contribution in [2.45, 2.75) is 39.7 Å². The number of hydrogen-bond acceptors (Lipinski definition) is 6. The molecule has 0 aliphatic carbocycles. The molecule has 0 amide bonds. The molecule has 6 heteroatoms. The van der Waals surface area contributed by atoms with Crippen LogP contribution < -0.4 is 0 Å². The molecule has 0 saturated heterocycles. The number of aldehydes is 1. The molecular formula is C12H16O6. The van der Waals surface area contributed by atoms with Gasteiger partial charge in [0, 0.05) is 0 Å². The number of hydrogen-bond donors (Lipinski definition) is 0. The molecule has 0 spiro atoms. The van der Waals surface area contributed by atoms with Crippen molar-refractivity contribution in [3.63, 3.8) is 0 Å².